The van der Waals surface area contributed by atoms with Crippen molar-refractivity contribution in [1.29, 1.82) is 0 Å². The number of rotatable bonds is 3. The first-order chi connectivity index (χ1) is 11.9. The molecule has 0 aliphatic rings. The quantitative estimate of drug-likeness (QED) is 0.661. The van der Waals surface area contributed by atoms with Crippen molar-refractivity contribution in [2.24, 2.45) is 0 Å². The van der Waals surface area contributed by atoms with Gasteiger partial charge in [-0.05, 0) is 28.7 Å². The summed E-state index contributed by atoms with van der Waals surface area (Å²) in [7, 11) is 0. The summed E-state index contributed by atoms with van der Waals surface area (Å²) in [6, 6.07) is 15.4. The van der Waals surface area contributed by atoms with Crippen molar-refractivity contribution >= 4 is 11.8 Å². The van der Waals surface area contributed by atoms with Crippen molar-refractivity contribution in [1.82, 2.24) is 5.32 Å². The Balaban J connectivity index is 1.87. The van der Waals surface area contributed by atoms with Gasteiger partial charge in [0.05, 0.1) is 6.54 Å². The summed E-state index contributed by atoms with van der Waals surface area (Å²) in [6.45, 7) is 6.85. The molecular formula is C21H24N2O2. The van der Waals surface area contributed by atoms with Crippen LogP contribution in [0.25, 0.3) is 0 Å². The van der Waals surface area contributed by atoms with E-state index < -0.39 is 6.09 Å². The molecule has 0 radical (unpaired) electrons. The first-order valence-corrected chi connectivity index (χ1v) is 8.19. The van der Waals surface area contributed by atoms with Gasteiger partial charge in [-0.3, -0.25) is 0 Å². The minimum absolute atomic E-state index is 0.0314. The monoisotopic (exact) mass is 336 g/mol. The highest BCUT2D eigenvalue weighted by atomic mass is 16.5. The predicted octanol–water partition coefficient (Wildman–Crippen LogP) is 3.84. The number of hydrogen-bond donors (Lipinski definition) is 2. The third kappa shape index (κ3) is 5.89. The average molecular weight is 336 g/mol. The molecule has 0 aliphatic carbocycles. The van der Waals surface area contributed by atoms with Gasteiger partial charge in [-0.25, -0.2) is 4.79 Å². The van der Waals surface area contributed by atoms with Crippen LogP contribution in [0.2, 0.25) is 0 Å². The smallest absolute Gasteiger partial charge is 0.408 e. The first-order valence-electron chi connectivity index (χ1n) is 8.19. The number of alkyl carbamates (subject to hydrolysis) is 1. The lowest BCUT2D eigenvalue weighted by molar-refractivity contribution is 0.141. The fourth-order valence-corrected chi connectivity index (χ4v) is 2.16. The second-order valence-corrected chi connectivity index (χ2v) is 6.77. The number of amides is 1. The number of anilines is 1. The Bertz CT molecular complexity index is 781. The van der Waals surface area contributed by atoms with Gasteiger partial charge in [0, 0.05) is 11.3 Å². The van der Waals surface area contributed by atoms with Gasteiger partial charge in [0.2, 0.25) is 0 Å². The Hall–Kier alpha value is -2.93. The molecule has 0 spiro atoms. The lowest BCUT2D eigenvalue weighted by atomic mass is 9.86. The van der Waals surface area contributed by atoms with Gasteiger partial charge in [0.25, 0.3) is 0 Å². The molecule has 2 rings (SSSR count). The molecule has 0 bridgehead atoms. The minimum atomic E-state index is -0.491. The zero-order chi connectivity index (χ0) is 18.3. The number of nitrogen functional groups attached to an aromatic ring is 1. The third-order valence-corrected chi connectivity index (χ3v) is 3.68. The Morgan fingerprint density at radius 2 is 1.88 bits per heavy atom. The average Bonchev–Trinajstić information content (AvgIpc) is 2.58. The van der Waals surface area contributed by atoms with Crippen molar-refractivity contribution in [2.45, 2.75) is 32.8 Å². The van der Waals surface area contributed by atoms with E-state index in [1.807, 2.05) is 48.5 Å². The number of nitrogens with two attached hydrogens (primary N) is 1. The van der Waals surface area contributed by atoms with Gasteiger partial charge in [-0.2, -0.15) is 0 Å². The van der Waals surface area contributed by atoms with Crippen molar-refractivity contribution < 1.29 is 9.53 Å². The summed E-state index contributed by atoms with van der Waals surface area (Å²) in [5, 5.41) is 2.61. The Kier molecular flexibility index (Phi) is 6.08. The van der Waals surface area contributed by atoms with E-state index in [0.717, 1.165) is 11.1 Å². The molecule has 0 aromatic heterocycles. The predicted molar refractivity (Wildman–Crippen MR) is 101 cm³/mol. The standard InChI is InChI=1S/C21H24N2O2/c1-21(2,3)18-11-12-19(22)17(14-18)10-7-13-23-20(24)25-15-16-8-5-4-6-9-16/h4-6,8-9,11-12,14H,13,15,22H2,1-3H3,(H,23,24). The van der Waals surface area contributed by atoms with Crippen LogP contribution in [0, 0.1) is 11.8 Å². The number of carbonyl (C=O) groups is 1. The highest BCUT2D eigenvalue weighted by molar-refractivity contribution is 5.67. The topological polar surface area (TPSA) is 64.3 Å². The number of hydrogen-bond acceptors (Lipinski definition) is 3. The van der Waals surface area contributed by atoms with Crippen LogP contribution in [0.1, 0.15) is 37.5 Å². The fraction of sp³-hybridized carbons (Fsp3) is 0.286. The maximum Gasteiger partial charge on any atom is 0.408 e. The highest BCUT2D eigenvalue weighted by Crippen LogP contribution is 2.25. The minimum Gasteiger partial charge on any atom is -0.445 e. The lowest BCUT2D eigenvalue weighted by Crippen LogP contribution is -2.24. The Morgan fingerprint density at radius 1 is 1.16 bits per heavy atom. The Labute approximate surface area is 149 Å². The largest absolute Gasteiger partial charge is 0.445 e. The van der Waals surface area contributed by atoms with Crippen LogP contribution >= 0.6 is 0 Å². The van der Waals surface area contributed by atoms with Crippen LogP contribution in [0.3, 0.4) is 0 Å². The molecule has 3 N–H and O–H groups in total. The molecule has 2 aromatic carbocycles. The number of nitrogens with one attached hydrogen (secondary N) is 1. The third-order valence-electron chi connectivity index (χ3n) is 3.68. The van der Waals surface area contributed by atoms with Gasteiger partial charge >= 0.3 is 6.09 Å². The maximum absolute atomic E-state index is 11.7. The van der Waals surface area contributed by atoms with Gasteiger partial charge in [-0.1, -0.05) is 69.0 Å². The van der Waals surface area contributed by atoms with E-state index >= 15 is 0 Å². The molecule has 1 amide bonds. The van der Waals surface area contributed by atoms with Crippen LogP contribution in [0.5, 0.6) is 0 Å². The molecular weight excluding hydrogens is 312 g/mol. The van der Waals surface area contributed by atoms with E-state index in [-0.39, 0.29) is 18.6 Å². The summed E-state index contributed by atoms with van der Waals surface area (Å²) in [5.74, 6) is 5.92. The first kappa shape index (κ1) is 18.4. The van der Waals surface area contributed by atoms with E-state index in [2.05, 4.69) is 37.9 Å². The molecule has 0 fully saturated rings. The van der Waals surface area contributed by atoms with Crippen LogP contribution in [-0.2, 0) is 16.8 Å². The summed E-state index contributed by atoms with van der Waals surface area (Å²) in [6.07, 6.45) is -0.491. The van der Waals surface area contributed by atoms with Crippen molar-refractivity contribution in [2.75, 3.05) is 12.3 Å². The molecule has 2 aromatic rings. The van der Waals surface area contributed by atoms with Crippen molar-refractivity contribution in [3.8, 4) is 11.8 Å². The molecule has 4 heteroatoms. The zero-order valence-corrected chi connectivity index (χ0v) is 14.9. The van der Waals surface area contributed by atoms with Crippen LogP contribution in [-0.4, -0.2) is 12.6 Å². The van der Waals surface area contributed by atoms with E-state index in [0.29, 0.717) is 5.69 Å². The second kappa shape index (κ2) is 8.25. The molecule has 0 saturated heterocycles. The van der Waals surface area contributed by atoms with Gasteiger partial charge in [0.15, 0.2) is 0 Å². The van der Waals surface area contributed by atoms with Gasteiger partial charge < -0.3 is 15.8 Å². The molecule has 0 saturated carbocycles. The van der Waals surface area contributed by atoms with Crippen LogP contribution in [0.15, 0.2) is 48.5 Å². The van der Waals surface area contributed by atoms with Crippen molar-refractivity contribution in [3.63, 3.8) is 0 Å². The molecule has 25 heavy (non-hydrogen) atoms. The van der Waals surface area contributed by atoms with Gasteiger partial charge in [0.1, 0.15) is 6.61 Å². The summed E-state index contributed by atoms with van der Waals surface area (Å²) < 4.78 is 5.13. The van der Waals surface area contributed by atoms with E-state index in [1.165, 1.54) is 5.56 Å². The van der Waals surface area contributed by atoms with E-state index in [1.54, 1.807) is 0 Å². The molecule has 4 nitrogen and oxygen atoms in total. The molecule has 0 heterocycles. The number of carbonyl (C=O) groups excluding carboxylic acids is 1. The maximum atomic E-state index is 11.7. The Morgan fingerprint density at radius 3 is 2.56 bits per heavy atom. The summed E-state index contributed by atoms with van der Waals surface area (Å²) in [4.78, 5) is 11.7. The highest BCUT2D eigenvalue weighted by Gasteiger charge is 2.14. The van der Waals surface area contributed by atoms with Crippen LogP contribution < -0.4 is 11.1 Å². The number of ether oxygens (including phenoxy) is 1. The normalized spacial score (nSPS) is 10.5. The number of benzene rings is 2. The zero-order valence-electron chi connectivity index (χ0n) is 14.9. The lowest BCUT2D eigenvalue weighted by Gasteiger charge is -2.19. The van der Waals surface area contributed by atoms with Crippen LogP contribution in [0.4, 0.5) is 10.5 Å². The summed E-state index contributed by atoms with van der Waals surface area (Å²) >= 11 is 0. The van der Waals surface area contributed by atoms with Crippen molar-refractivity contribution in [3.05, 3.63) is 65.2 Å². The molecule has 130 valence electrons. The van der Waals surface area contributed by atoms with E-state index in [4.69, 9.17) is 10.5 Å². The molecule has 0 atom stereocenters. The molecule has 0 aliphatic heterocycles. The SMILES string of the molecule is CC(C)(C)c1ccc(N)c(C#CCNC(=O)OCc2ccccc2)c1. The fourth-order valence-electron chi connectivity index (χ4n) is 2.16. The molecule has 0 unspecified atom stereocenters. The second-order valence-electron chi connectivity index (χ2n) is 6.77. The van der Waals surface area contributed by atoms with Gasteiger partial charge in [-0.15, -0.1) is 0 Å². The van der Waals surface area contributed by atoms with E-state index in [9.17, 15) is 4.79 Å². The summed E-state index contributed by atoms with van der Waals surface area (Å²) in [5.41, 5.74) is 9.51.